The second-order valence-corrected chi connectivity index (χ2v) is 5.99. The van der Waals surface area contributed by atoms with Gasteiger partial charge < -0.3 is 10.0 Å². The molecule has 1 aromatic carbocycles. The van der Waals surface area contributed by atoms with E-state index >= 15 is 0 Å². The Hall–Kier alpha value is -1.44. The molecule has 1 aromatic rings. The molecule has 0 bridgehead atoms. The second kappa shape index (κ2) is 7.37. The summed E-state index contributed by atoms with van der Waals surface area (Å²) < 4.78 is 0. The van der Waals surface area contributed by atoms with Crippen molar-refractivity contribution >= 4 is 17.7 Å². The van der Waals surface area contributed by atoms with E-state index in [-0.39, 0.29) is 12.5 Å². The van der Waals surface area contributed by atoms with E-state index in [1.165, 1.54) is 0 Å². The lowest BCUT2D eigenvalue weighted by Gasteiger charge is -2.21. The molecule has 2 rings (SSSR count). The molecule has 4 heteroatoms. The van der Waals surface area contributed by atoms with Crippen LogP contribution >= 0.6 is 11.8 Å². The Morgan fingerprint density at radius 3 is 3.05 bits per heavy atom. The van der Waals surface area contributed by atoms with Crippen molar-refractivity contribution in [3.05, 3.63) is 34.9 Å². The minimum atomic E-state index is -0.193. The van der Waals surface area contributed by atoms with Crippen molar-refractivity contribution in [3.8, 4) is 11.8 Å². The van der Waals surface area contributed by atoms with E-state index in [9.17, 15) is 4.79 Å². The fraction of sp³-hybridized carbons (Fsp3) is 0.438. The van der Waals surface area contributed by atoms with Crippen LogP contribution in [0.3, 0.4) is 0 Å². The number of aryl methyl sites for hydroxylation is 1. The number of nitrogens with zero attached hydrogens (tertiary/aromatic N) is 1. The zero-order valence-electron chi connectivity index (χ0n) is 11.7. The van der Waals surface area contributed by atoms with E-state index in [0.29, 0.717) is 11.1 Å². The summed E-state index contributed by atoms with van der Waals surface area (Å²) in [5.41, 5.74) is 2.40. The van der Waals surface area contributed by atoms with Gasteiger partial charge in [0.2, 0.25) is 0 Å². The summed E-state index contributed by atoms with van der Waals surface area (Å²) in [6, 6.07) is 5.69. The number of hydrogen-bond donors (Lipinski definition) is 1. The number of carbonyl (C=O) groups is 1. The van der Waals surface area contributed by atoms with E-state index in [2.05, 4.69) is 11.8 Å². The monoisotopic (exact) mass is 289 g/mol. The van der Waals surface area contributed by atoms with Gasteiger partial charge in [0.05, 0.1) is 5.56 Å². The van der Waals surface area contributed by atoms with E-state index < -0.39 is 0 Å². The summed E-state index contributed by atoms with van der Waals surface area (Å²) in [7, 11) is 0. The van der Waals surface area contributed by atoms with Crippen LogP contribution in [0.1, 0.15) is 27.9 Å². The predicted octanol–water partition coefficient (Wildman–Crippen LogP) is 1.92. The summed E-state index contributed by atoms with van der Waals surface area (Å²) in [5.74, 6) is 7.67. The van der Waals surface area contributed by atoms with Crippen LogP contribution in [-0.2, 0) is 0 Å². The molecule has 1 N–H and O–H groups in total. The first kappa shape index (κ1) is 15.0. The number of aliphatic hydroxyl groups excluding tert-OH is 1. The van der Waals surface area contributed by atoms with Gasteiger partial charge in [-0.2, -0.15) is 11.8 Å². The second-order valence-electron chi connectivity index (χ2n) is 4.77. The zero-order valence-corrected chi connectivity index (χ0v) is 12.5. The quantitative estimate of drug-likeness (QED) is 0.803. The smallest absolute Gasteiger partial charge is 0.255 e. The highest BCUT2D eigenvalue weighted by atomic mass is 32.2. The first-order chi connectivity index (χ1) is 9.72. The third kappa shape index (κ3) is 3.78. The van der Waals surface area contributed by atoms with E-state index in [0.717, 1.165) is 36.6 Å². The lowest BCUT2D eigenvalue weighted by Crippen LogP contribution is -2.33. The van der Waals surface area contributed by atoms with Crippen LogP contribution in [0.5, 0.6) is 0 Å². The summed E-state index contributed by atoms with van der Waals surface area (Å²) in [6.45, 7) is 3.39. The van der Waals surface area contributed by atoms with Crippen LogP contribution in [0, 0.1) is 18.8 Å². The number of thioether (sulfide) groups is 1. The molecule has 1 saturated heterocycles. The van der Waals surface area contributed by atoms with Gasteiger partial charge in [-0.1, -0.05) is 23.5 Å². The highest BCUT2D eigenvalue weighted by Gasteiger charge is 2.19. The van der Waals surface area contributed by atoms with Crippen LogP contribution in [0.2, 0.25) is 0 Å². The third-order valence-corrected chi connectivity index (χ3v) is 4.27. The number of benzene rings is 1. The molecule has 0 radical (unpaired) electrons. The molecule has 1 aliphatic heterocycles. The average Bonchev–Trinajstić information content (AvgIpc) is 2.74. The molecule has 0 saturated carbocycles. The molecular weight excluding hydrogens is 270 g/mol. The van der Waals surface area contributed by atoms with Crippen LogP contribution in [0.4, 0.5) is 0 Å². The van der Waals surface area contributed by atoms with Crippen molar-refractivity contribution in [2.45, 2.75) is 13.3 Å². The Labute approximate surface area is 124 Å². The van der Waals surface area contributed by atoms with Gasteiger partial charge in [-0.05, 0) is 31.2 Å². The Morgan fingerprint density at radius 2 is 2.25 bits per heavy atom. The highest BCUT2D eigenvalue weighted by Crippen LogP contribution is 2.17. The number of amides is 1. The minimum absolute atomic E-state index is 0.0541. The molecule has 1 aliphatic rings. The number of rotatable bonds is 1. The lowest BCUT2D eigenvalue weighted by atomic mass is 10.0. The van der Waals surface area contributed by atoms with Gasteiger partial charge in [0.15, 0.2) is 0 Å². The molecule has 0 spiro atoms. The van der Waals surface area contributed by atoms with Crippen molar-refractivity contribution in [1.82, 2.24) is 4.90 Å². The fourth-order valence-electron chi connectivity index (χ4n) is 2.20. The molecule has 1 fully saturated rings. The van der Waals surface area contributed by atoms with Crippen LogP contribution in [0.25, 0.3) is 0 Å². The number of aliphatic hydroxyl groups is 1. The predicted molar refractivity (Wildman–Crippen MR) is 83.0 cm³/mol. The summed E-state index contributed by atoms with van der Waals surface area (Å²) >= 11 is 1.90. The number of carbonyl (C=O) groups excluding carboxylic acids is 1. The summed E-state index contributed by atoms with van der Waals surface area (Å²) in [6.07, 6.45) is 1.04. The lowest BCUT2D eigenvalue weighted by molar-refractivity contribution is 0.0768. The van der Waals surface area contributed by atoms with E-state index in [1.807, 2.05) is 41.8 Å². The van der Waals surface area contributed by atoms with Gasteiger partial charge in [-0.15, -0.1) is 0 Å². The summed E-state index contributed by atoms with van der Waals surface area (Å²) in [5, 5.41) is 8.83. The van der Waals surface area contributed by atoms with E-state index in [4.69, 9.17) is 5.11 Å². The van der Waals surface area contributed by atoms with Crippen molar-refractivity contribution in [2.75, 3.05) is 31.2 Å². The van der Waals surface area contributed by atoms with Gasteiger partial charge in [0, 0.05) is 24.4 Å². The van der Waals surface area contributed by atoms with Crippen molar-refractivity contribution < 1.29 is 9.90 Å². The fourth-order valence-corrected chi connectivity index (χ4v) is 3.09. The Kier molecular flexibility index (Phi) is 5.51. The van der Waals surface area contributed by atoms with Crippen LogP contribution < -0.4 is 0 Å². The molecule has 3 nitrogen and oxygen atoms in total. The Bertz CT molecular complexity index is 537. The molecule has 20 heavy (non-hydrogen) atoms. The maximum atomic E-state index is 12.7. The largest absolute Gasteiger partial charge is 0.384 e. The molecular formula is C16H19NO2S. The van der Waals surface area contributed by atoms with Crippen molar-refractivity contribution in [1.29, 1.82) is 0 Å². The standard InChI is InChI=1S/C16H19NO2S/c1-13-5-6-14(4-2-9-18)15(12-13)16(19)17-7-3-10-20-11-8-17/h5-6,12,18H,3,7-11H2,1H3. The van der Waals surface area contributed by atoms with Crippen molar-refractivity contribution in [3.63, 3.8) is 0 Å². The SMILES string of the molecule is Cc1ccc(C#CCO)c(C(=O)N2CCCSCC2)c1. The van der Waals surface area contributed by atoms with Gasteiger partial charge in [-0.3, -0.25) is 4.79 Å². The van der Waals surface area contributed by atoms with Gasteiger partial charge in [0.25, 0.3) is 5.91 Å². The number of hydrogen-bond acceptors (Lipinski definition) is 3. The molecule has 106 valence electrons. The maximum Gasteiger partial charge on any atom is 0.255 e. The topological polar surface area (TPSA) is 40.5 Å². The minimum Gasteiger partial charge on any atom is -0.384 e. The molecule has 0 atom stereocenters. The van der Waals surface area contributed by atoms with E-state index in [1.54, 1.807) is 0 Å². The average molecular weight is 289 g/mol. The Balaban J connectivity index is 2.29. The van der Waals surface area contributed by atoms with Crippen molar-refractivity contribution in [2.24, 2.45) is 0 Å². The first-order valence-electron chi connectivity index (χ1n) is 6.80. The molecule has 0 aliphatic carbocycles. The van der Waals surface area contributed by atoms with Crippen LogP contribution in [0.15, 0.2) is 18.2 Å². The molecule has 0 unspecified atom stereocenters. The van der Waals surface area contributed by atoms with Crippen LogP contribution in [-0.4, -0.2) is 47.1 Å². The highest BCUT2D eigenvalue weighted by molar-refractivity contribution is 7.99. The van der Waals surface area contributed by atoms with Gasteiger partial charge in [0.1, 0.15) is 6.61 Å². The first-order valence-corrected chi connectivity index (χ1v) is 7.95. The molecule has 0 aromatic heterocycles. The third-order valence-electron chi connectivity index (χ3n) is 3.22. The van der Waals surface area contributed by atoms with Gasteiger partial charge >= 0.3 is 0 Å². The maximum absolute atomic E-state index is 12.7. The van der Waals surface area contributed by atoms with Gasteiger partial charge in [-0.25, -0.2) is 0 Å². The molecule has 1 amide bonds. The Morgan fingerprint density at radius 1 is 1.40 bits per heavy atom. The summed E-state index contributed by atoms with van der Waals surface area (Å²) in [4.78, 5) is 14.6. The molecule has 1 heterocycles. The normalized spacial score (nSPS) is 15.2. The zero-order chi connectivity index (χ0) is 14.4.